The van der Waals surface area contributed by atoms with Crippen molar-refractivity contribution in [3.63, 3.8) is 0 Å². The molecule has 0 aromatic heterocycles. The molecule has 21 heavy (non-hydrogen) atoms. The van der Waals surface area contributed by atoms with E-state index in [0.29, 0.717) is 24.3 Å². The van der Waals surface area contributed by atoms with Gasteiger partial charge in [0.1, 0.15) is 5.54 Å². The number of ether oxygens (including phenoxy) is 1. The number of thioether (sulfide) groups is 1. The number of rotatable bonds is 4. The second kappa shape index (κ2) is 6.34. The van der Waals surface area contributed by atoms with E-state index in [-0.39, 0.29) is 11.3 Å². The van der Waals surface area contributed by atoms with E-state index in [9.17, 15) is 19.1 Å². The molecule has 2 N–H and O–H groups in total. The zero-order chi connectivity index (χ0) is 15.5. The summed E-state index contributed by atoms with van der Waals surface area (Å²) in [5.41, 5.74) is -1.07. The van der Waals surface area contributed by atoms with E-state index in [1.54, 1.807) is 11.8 Å². The number of methoxy groups -OCH3 is 1. The Kier molecular flexibility index (Phi) is 4.72. The molecule has 0 radical (unpaired) electrons. The summed E-state index contributed by atoms with van der Waals surface area (Å²) in [5, 5.41) is 12.0. The second-order valence-electron chi connectivity index (χ2n) is 4.80. The molecule has 2 rings (SSSR count). The highest BCUT2D eigenvalue weighted by molar-refractivity contribution is 7.99. The van der Waals surface area contributed by atoms with Gasteiger partial charge in [-0.25, -0.2) is 9.18 Å². The van der Waals surface area contributed by atoms with Gasteiger partial charge in [0.05, 0.1) is 7.11 Å². The molecule has 0 unspecified atom stereocenters. The fourth-order valence-electron chi connectivity index (χ4n) is 2.20. The smallest absolute Gasteiger partial charge is 0.329 e. The monoisotopic (exact) mass is 313 g/mol. The van der Waals surface area contributed by atoms with Crippen LogP contribution in [-0.2, 0) is 4.79 Å². The largest absolute Gasteiger partial charge is 0.494 e. The molecule has 1 saturated heterocycles. The molecule has 0 atom stereocenters. The van der Waals surface area contributed by atoms with Gasteiger partial charge in [-0.2, -0.15) is 11.8 Å². The van der Waals surface area contributed by atoms with E-state index < -0.39 is 23.2 Å². The maximum atomic E-state index is 13.3. The van der Waals surface area contributed by atoms with Crippen LogP contribution in [0.25, 0.3) is 0 Å². The normalized spacial score (nSPS) is 17.0. The average molecular weight is 313 g/mol. The molecule has 5 nitrogen and oxygen atoms in total. The molecule has 1 aromatic carbocycles. The third-order valence-corrected chi connectivity index (χ3v) is 4.51. The number of carbonyl (C=O) groups is 2. The lowest BCUT2D eigenvalue weighted by Crippen LogP contribution is -2.56. The number of carboxylic acids is 1. The Balaban J connectivity index is 2.21. The predicted molar refractivity (Wildman–Crippen MR) is 77.3 cm³/mol. The van der Waals surface area contributed by atoms with Gasteiger partial charge in [0.25, 0.3) is 5.91 Å². The number of carboxylic acid groups (broad SMARTS) is 1. The Morgan fingerprint density at radius 3 is 2.62 bits per heavy atom. The number of halogens is 1. The number of benzene rings is 1. The third kappa shape index (κ3) is 3.29. The SMILES string of the molecule is COc1cc(C(=O)NC2(C(=O)O)CCSCC2)ccc1F. The summed E-state index contributed by atoms with van der Waals surface area (Å²) < 4.78 is 18.2. The fourth-order valence-corrected chi connectivity index (χ4v) is 3.39. The summed E-state index contributed by atoms with van der Waals surface area (Å²) in [4.78, 5) is 23.8. The summed E-state index contributed by atoms with van der Waals surface area (Å²) in [6.45, 7) is 0. The molecular weight excluding hydrogens is 297 g/mol. The topological polar surface area (TPSA) is 75.6 Å². The Morgan fingerprint density at radius 1 is 1.38 bits per heavy atom. The number of carbonyl (C=O) groups excluding carboxylic acids is 1. The van der Waals surface area contributed by atoms with Gasteiger partial charge in [0.15, 0.2) is 11.6 Å². The van der Waals surface area contributed by atoms with Crippen molar-refractivity contribution in [3.8, 4) is 5.75 Å². The van der Waals surface area contributed by atoms with Crippen LogP contribution in [0.3, 0.4) is 0 Å². The van der Waals surface area contributed by atoms with Crippen LogP contribution in [0, 0.1) is 5.82 Å². The van der Waals surface area contributed by atoms with Crippen molar-refractivity contribution in [2.24, 2.45) is 0 Å². The Labute approximate surface area is 125 Å². The molecular formula is C14H16FNO4S. The molecule has 7 heteroatoms. The molecule has 1 aromatic rings. The zero-order valence-corrected chi connectivity index (χ0v) is 12.3. The molecule has 1 heterocycles. The van der Waals surface area contributed by atoms with E-state index in [4.69, 9.17) is 4.74 Å². The van der Waals surface area contributed by atoms with Gasteiger partial charge in [-0.05, 0) is 42.5 Å². The van der Waals surface area contributed by atoms with Crippen LogP contribution < -0.4 is 10.1 Å². The molecule has 114 valence electrons. The molecule has 0 spiro atoms. The first-order valence-corrected chi connectivity index (χ1v) is 7.61. The first-order chi connectivity index (χ1) is 9.98. The van der Waals surface area contributed by atoms with Crippen LogP contribution in [0.2, 0.25) is 0 Å². The summed E-state index contributed by atoms with van der Waals surface area (Å²) in [6.07, 6.45) is 0.744. The van der Waals surface area contributed by atoms with E-state index >= 15 is 0 Å². The van der Waals surface area contributed by atoms with Crippen molar-refractivity contribution in [1.29, 1.82) is 0 Å². The van der Waals surface area contributed by atoms with E-state index in [2.05, 4.69) is 5.32 Å². The van der Waals surface area contributed by atoms with Gasteiger partial charge >= 0.3 is 5.97 Å². The van der Waals surface area contributed by atoms with Gasteiger partial charge < -0.3 is 15.2 Å². The van der Waals surface area contributed by atoms with Crippen LogP contribution in [0.4, 0.5) is 4.39 Å². The number of amides is 1. The van der Waals surface area contributed by atoms with Gasteiger partial charge in [-0.15, -0.1) is 0 Å². The Morgan fingerprint density at radius 2 is 2.05 bits per heavy atom. The standard InChI is InChI=1S/C14H16FNO4S/c1-20-11-8-9(2-3-10(11)15)12(17)16-14(13(18)19)4-6-21-7-5-14/h2-3,8H,4-7H2,1H3,(H,16,17)(H,18,19). The van der Waals surface area contributed by atoms with E-state index in [1.165, 1.54) is 19.2 Å². The van der Waals surface area contributed by atoms with Gasteiger partial charge in [0.2, 0.25) is 0 Å². The maximum absolute atomic E-state index is 13.3. The number of nitrogens with one attached hydrogen (secondary N) is 1. The molecule has 1 aliphatic heterocycles. The molecule has 1 amide bonds. The minimum absolute atomic E-state index is 0.0498. The van der Waals surface area contributed by atoms with Crippen molar-refractivity contribution in [2.45, 2.75) is 18.4 Å². The average Bonchev–Trinajstić information content (AvgIpc) is 2.48. The van der Waals surface area contributed by atoms with E-state index in [1.807, 2.05) is 0 Å². The Bertz CT molecular complexity index is 558. The van der Waals surface area contributed by atoms with Crippen molar-refractivity contribution in [3.05, 3.63) is 29.6 Å². The number of aliphatic carboxylic acids is 1. The van der Waals surface area contributed by atoms with Crippen LogP contribution >= 0.6 is 11.8 Å². The highest BCUT2D eigenvalue weighted by Crippen LogP contribution is 2.28. The zero-order valence-electron chi connectivity index (χ0n) is 11.5. The molecule has 0 bridgehead atoms. The summed E-state index contributed by atoms with van der Waals surface area (Å²) in [6, 6.07) is 3.69. The van der Waals surface area contributed by atoms with Crippen LogP contribution in [0.15, 0.2) is 18.2 Å². The highest BCUT2D eigenvalue weighted by Gasteiger charge is 2.41. The van der Waals surface area contributed by atoms with Crippen molar-refractivity contribution >= 4 is 23.6 Å². The van der Waals surface area contributed by atoms with Crippen LogP contribution in [-0.4, -0.2) is 41.1 Å². The number of hydrogen-bond acceptors (Lipinski definition) is 4. The molecule has 1 fully saturated rings. The van der Waals surface area contributed by atoms with Gasteiger partial charge in [0, 0.05) is 5.56 Å². The molecule has 0 saturated carbocycles. The van der Waals surface area contributed by atoms with Crippen molar-refractivity contribution in [2.75, 3.05) is 18.6 Å². The van der Waals surface area contributed by atoms with Gasteiger partial charge in [-0.1, -0.05) is 0 Å². The Hall–Kier alpha value is -1.76. The lowest BCUT2D eigenvalue weighted by molar-refractivity contribution is -0.144. The predicted octanol–water partition coefficient (Wildman–Crippen LogP) is 1.91. The minimum atomic E-state index is -1.25. The molecule has 1 aliphatic rings. The maximum Gasteiger partial charge on any atom is 0.329 e. The lowest BCUT2D eigenvalue weighted by atomic mass is 9.92. The van der Waals surface area contributed by atoms with E-state index in [0.717, 1.165) is 6.07 Å². The summed E-state index contributed by atoms with van der Waals surface area (Å²) in [5.74, 6) is -0.839. The quantitative estimate of drug-likeness (QED) is 0.888. The second-order valence-corrected chi connectivity index (χ2v) is 6.03. The summed E-state index contributed by atoms with van der Waals surface area (Å²) in [7, 11) is 1.30. The third-order valence-electron chi connectivity index (χ3n) is 3.52. The van der Waals surface area contributed by atoms with Crippen LogP contribution in [0.5, 0.6) is 5.75 Å². The van der Waals surface area contributed by atoms with Gasteiger partial charge in [-0.3, -0.25) is 4.79 Å². The first-order valence-electron chi connectivity index (χ1n) is 6.46. The first kappa shape index (κ1) is 15.6. The van der Waals surface area contributed by atoms with Crippen molar-refractivity contribution < 1.29 is 23.8 Å². The fraction of sp³-hybridized carbons (Fsp3) is 0.429. The summed E-state index contributed by atoms with van der Waals surface area (Å²) >= 11 is 1.66. The highest BCUT2D eigenvalue weighted by atomic mass is 32.2. The lowest BCUT2D eigenvalue weighted by Gasteiger charge is -2.33. The number of hydrogen-bond donors (Lipinski definition) is 2. The minimum Gasteiger partial charge on any atom is -0.494 e. The van der Waals surface area contributed by atoms with Crippen molar-refractivity contribution in [1.82, 2.24) is 5.32 Å². The van der Waals surface area contributed by atoms with Crippen LogP contribution in [0.1, 0.15) is 23.2 Å². The molecule has 0 aliphatic carbocycles.